The van der Waals surface area contributed by atoms with E-state index in [1.807, 2.05) is 12.1 Å². The van der Waals surface area contributed by atoms with Gasteiger partial charge in [0.1, 0.15) is 24.5 Å². The van der Waals surface area contributed by atoms with Gasteiger partial charge in [-0.3, -0.25) is 4.90 Å². The van der Waals surface area contributed by atoms with Gasteiger partial charge in [-0.15, -0.1) is 11.6 Å². The molecule has 4 rings (SSSR count). The van der Waals surface area contributed by atoms with Gasteiger partial charge in [0.25, 0.3) is 0 Å². The van der Waals surface area contributed by atoms with E-state index in [2.05, 4.69) is 17.1 Å². The van der Waals surface area contributed by atoms with Crippen molar-refractivity contribution in [3.05, 3.63) is 51.7 Å². The monoisotopic (exact) mass is 446 g/mol. The summed E-state index contributed by atoms with van der Waals surface area (Å²) in [6.45, 7) is 2.31. The average Bonchev–Trinajstić information content (AvgIpc) is 3.15. The summed E-state index contributed by atoms with van der Waals surface area (Å²) in [4.78, 5) is 18.0. The molecule has 1 aliphatic carbocycles. The number of aromatic nitrogens is 1. The number of hydrogen-bond donors (Lipinski definition) is 3. The standard InChI is InChI=1S/C23H27ClN2O5/c1-2-30-23(29)26-10-9-18-19-11-15(24)5-8-20(19)25-21(18)22(26)14-3-6-17(7-4-14)31-13-16(28)12-27/h3-4,6-8,11,15-16,22,25,27-28H,2,5,9-10,12-13H2,1H3/t15?,16-,22+/m1/s1. The zero-order chi connectivity index (χ0) is 22.0. The second-order valence-corrected chi connectivity index (χ2v) is 8.29. The van der Waals surface area contributed by atoms with Crippen molar-refractivity contribution in [2.45, 2.75) is 37.3 Å². The molecule has 7 nitrogen and oxygen atoms in total. The molecule has 0 saturated carbocycles. The first-order valence-corrected chi connectivity index (χ1v) is 11.0. The van der Waals surface area contributed by atoms with Gasteiger partial charge in [0.15, 0.2) is 0 Å². The van der Waals surface area contributed by atoms with E-state index in [0.717, 1.165) is 34.7 Å². The number of rotatable bonds is 6. The predicted octanol–water partition coefficient (Wildman–Crippen LogP) is 1.42. The number of benzene rings is 1. The van der Waals surface area contributed by atoms with E-state index < -0.39 is 6.10 Å². The Morgan fingerprint density at radius 3 is 2.84 bits per heavy atom. The Labute approximate surface area is 185 Å². The van der Waals surface area contributed by atoms with Crippen molar-refractivity contribution >= 4 is 29.8 Å². The lowest BCUT2D eigenvalue weighted by atomic mass is 9.92. The summed E-state index contributed by atoms with van der Waals surface area (Å²) in [5, 5.41) is 20.6. The molecule has 1 aromatic heterocycles. The Balaban J connectivity index is 1.71. The number of fused-ring (bicyclic) bond motifs is 3. The van der Waals surface area contributed by atoms with Gasteiger partial charge in [-0.1, -0.05) is 24.3 Å². The van der Waals surface area contributed by atoms with Crippen LogP contribution in [0.3, 0.4) is 0 Å². The number of carbonyl (C=O) groups excluding carboxylic acids is 1. The van der Waals surface area contributed by atoms with E-state index >= 15 is 0 Å². The summed E-state index contributed by atoms with van der Waals surface area (Å²) in [6, 6.07) is 7.09. The molecule has 8 heteroatoms. The smallest absolute Gasteiger partial charge is 0.410 e. The van der Waals surface area contributed by atoms with Crippen LogP contribution in [0.4, 0.5) is 4.79 Å². The van der Waals surface area contributed by atoms with E-state index in [-0.39, 0.29) is 30.7 Å². The largest absolute Gasteiger partial charge is 0.491 e. The Morgan fingerprint density at radius 1 is 1.35 bits per heavy atom. The van der Waals surface area contributed by atoms with Crippen LogP contribution >= 0.6 is 11.6 Å². The summed E-state index contributed by atoms with van der Waals surface area (Å²) in [5.41, 5.74) is 3.09. The van der Waals surface area contributed by atoms with Crippen molar-refractivity contribution in [1.29, 1.82) is 0 Å². The van der Waals surface area contributed by atoms with Crippen LogP contribution in [0.15, 0.2) is 24.3 Å². The fourth-order valence-electron chi connectivity index (χ4n) is 4.19. The van der Waals surface area contributed by atoms with E-state index in [9.17, 15) is 9.90 Å². The zero-order valence-electron chi connectivity index (χ0n) is 17.4. The van der Waals surface area contributed by atoms with Crippen LogP contribution in [0.5, 0.6) is 5.75 Å². The molecule has 0 bridgehead atoms. The van der Waals surface area contributed by atoms with Gasteiger partial charge in [-0.2, -0.15) is 0 Å². The molecule has 3 N–H and O–H groups in total. The van der Waals surface area contributed by atoms with Gasteiger partial charge in [0, 0.05) is 22.8 Å². The Kier molecular flexibility index (Phi) is 6.55. The van der Waals surface area contributed by atoms with E-state index in [4.69, 9.17) is 26.2 Å². The summed E-state index contributed by atoms with van der Waals surface area (Å²) in [6.07, 6.45) is 4.42. The number of aliphatic hydroxyl groups excluding tert-OH is 2. The van der Waals surface area contributed by atoms with Gasteiger partial charge in [-0.05, 0) is 43.0 Å². The van der Waals surface area contributed by atoms with Crippen molar-refractivity contribution in [3.63, 3.8) is 0 Å². The summed E-state index contributed by atoms with van der Waals surface area (Å²) in [5.74, 6) is 0.576. The summed E-state index contributed by atoms with van der Waals surface area (Å²) >= 11 is 6.36. The number of ether oxygens (including phenoxy) is 2. The number of hydrogen-bond acceptors (Lipinski definition) is 5. The van der Waals surface area contributed by atoms with Gasteiger partial charge in [0.2, 0.25) is 0 Å². The third-order valence-corrected chi connectivity index (χ3v) is 5.95. The van der Waals surface area contributed by atoms with Gasteiger partial charge in [0.05, 0.1) is 18.6 Å². The van der Waals surface area contributed by atoms with Gasteiger partial charge >= 0.3 is 6.09 Å². The van der Waals surface area contributed by atoms with Crippen LogP contribution < -0.4 is 15.3 Å². The highest BCUT2D eigenvalue weighted by Crippen LogP contribution is 2.34. The number of aromatic amines is 1. The predicted molar refractivity (Wildman–Crippen MR) is 118 cm³/mol. The molecule has 1 amide bonds. The Bertz CT molecular complexity index is 1050. The van der Waals surface area contributed by atoms with Crippen LogP contribution in [0.1, 0.15) is 36.2 Å². The molecule has 166 valence electrons. The highest BCUT2D eigenvalue weighted by Gasteiger charge is 2.35. The van der Waals surface area contributed by atoms with Crippen LogP contribution in [-0.2, 0) is 11.2 Å². The molecule has 0 saturated heterocycles. The molecular weight excluding hydrogens is 420 g/mol. The minimum atomic E-state index is -0.927. The van der Waals surface area contributed by atoms with Crippen molar-refractivity contribution in [2.75, 3.05) is 26.4 Å². The van der Waals surface area contributed by atoms with E-state index in [0.29, 0.717) is 18.9 Å². The molecule has 2 heterocycles. The maximum Gasteiger partial charge on any atom is 0.410 e. The lowest BCUT2D eigenvalue weighted by Gasteiger charge is -2.35. The molecule has 1 aliphatic heterocycles. The van der Waals surface area contributed by atoms with Crippen LogP contribution in [0, 0.1) is 0 Å². The normalized spacial score (nSPS) is 20.7. The van der Waals surface area contributed by atoms with Crippen molar-refractivity contribution < 1.29 is 24.5 Å². The van der Waals surface area contributed by atoms with Crippen LogP contribution in [0.2, 0.25) is 0 Å². The second kappa shape index (κ2) is 9.34. The quantitative estimate of drug-likeness (QED) is 0.583. The van der Waals surface area contributed by atoms with Crippen molar-refractivity contribution in [1.82, 2.24) is 9.88 Å². The molecule has 0 radical (unpaired) electrons. The third kappa shape index (κ3) is 4.44. The van der Waals surface area contributed by atoms with E-state index in [1.54, 1.807) is 24.0 Å². The van der Waals surface area contributed by atoms with Crippen molar-refractivity contribution in [3.8, 4) is 5.75 Å². The number of aliphatic hydroxyl groups is 2. The highest BCUT2D eigenvalue weighted by atomic mass is 35.5. The lowest BCUT2D eigenvalue weighted by molar-refractivity contribution is 0.0536. The zero-order valence-corrected chi connectivity index (χ0v) is 18.1. The Morgan fingerprint density at radius 2 is 2.13 bits per heavy atom. The number of halogens is 1. The molecule has 31 heavy (non-hydrogen) atoms. The van der Waals surface area contributed by atoms with Gasteiger partial charge in [-0.25, -0.2) is 4.79 Å². The molecule has 0 spiro atoms. The van der Waals surface area contributed by atoms with Crippen LogP contribution in [0.25, 0.3) is 12.2 Å². The third-order valence-electron chi connectivity index (χ3n) is 5.64. The maximum absolute atomic E-state index is 12.7. The van der Waals surface area contributed by atoms with Crippen LogP contribution in [-0.4, -0.2) is 64.0 Å². The number of alkyl halides is 1. The molecule has 0 fully saturated rings. The average molecular weight is 447 g/mol. The number of nitrogens with one attached hydrogen (secondary N) is 1. The van der Waals surface area contributed by atoms with Gasteiger partial charge < -0.3 is 24.7 Å². The molecule has 2 aliphatic rings. The topological polar surface area (TPSA) is 95.0 Å². The Hall–Kier alpha value is -2.48. The second-order valence-electron chi connectivity index (χ2n) is 7.73. The molecular formula is C23H27ClN2O5. The number of nitrogens with zero attached hydrogens (tertiary/aromatic N) is 1. The number of carbonyl (C=O) groups is 1. The first-order valence-electron chi connectivity index (χ1n) is 10.5. The highest BCUT2D eigenvalue weighted by molar-refractivity contribution is 6.24. The van der Waals surface area contributed by atoms with E-state index in [1.165, 1.54) is 5.56 Å². The molecule has 3 atom stereocenters. The number of amides is 1. The number of H-pyrrole nitrogens is 1. The first-order chi connectivity index (χ1) is 15.0. The fourth-order valence-corrected chi connectivity index (χ4v) is 4.40. The molecule has 1 unspecified atom stereocenters. The minimum absolute atomic E-state index is 0.00693. The lowest BCUT2D eigenvalue weighted by Crippen LogP contribution is -2.42. The summed E-state index contributed by atoms with van der Waals surface area (Å²) in [7, 11) is 0. The fraction of sp³-hybridized carbons (Fsp3) is 0.435. The molecule has 2 aromatic rings. The first kappa shape index (κ1) is 21.7. The summed E-state index contributed by atoms with van der Waals surface area (Å²) < 4.78 is 10.8. The SMILES string of the molecule is CCOC(=O)N1CCc2c([nH]c3c2=CC(Cl)CC=3)[C@@H]1c1ccc(OC[C@H](O)CO)cc1. The minimum Gasteiger partial charge on any atom is -0.491 e. The molecule has 1 aromatic carbocycles. The van der Waals surface area contributed by atoms with Crippen molar-refractivity contribution in [2.24, 2.45) is 0 Å². The maximum atomic E-state index is 12.7.